The molecule has 0 aromatic heterocycles. The Kier molecular flexibility index (Phi) is 14.1. The number of carbonyl (C=O) groups is 2. The quantitative estimate of drug-likeness (QED) is 0.362. The molecule has 0 aliphatic carbocycles. The molecule has 0 N–H and O–H groups in total. The zero-order chi connectivity index (χ0) is 16.6. The van der Waals surface area contributed by atoms with Gasteiger partial charge < -0.3 is 14.2 Å². The molecule has 0 rings (SSSR count). The van der Waals surface area contributed by atoms with Crippen LogP contribution >= 0.6 is 0 Å². The summed E-state index contributed by atoms with van der Waals surface area (Å²) in [7, 11) is 0. The summed E-state index contributed by atoms with van der Waals surface area (Å²) in [5.41, 5.74) is 0. The Labute approximate surface area is 134 Å². The zero-order valence-electron chi connectivity index (χ0n) is 14.4. The van der Waals surface area contributed by atoms with Crippen molar-refractivity contribution in [2.24, 2.45) is 0 Å². The highest BCUT2D eigenvalue weighted by Crippen LogP contribution is 2.05. The second-order valence-corrected chi connectivity index (χ2v) is 5.57. The van der Waals surface area contributed by atoms with Gasteiger partial charge in [0.2, 0.25) is 0 Å². The maximum atomic E-state index is 11.4. The summed E-state index contributed by atoms with van der Waals surface area (Å²) in [4.78, 5) is 22.8. The molecule has 0 radical (unpaired) electrons. The fraction of sp³-hybridized carbons (Fsp3) is 0.882. The molecule has 0 fully saturated rings. The monoisotopic (exact) mass is 316 g/mol. The number of ether oxygens (including phenoxy) is 3. The van der Waals surface area contributed by atoms with Gasteiger partial charge in [0.05, 0.1) is 12.7 Å². The van der Waals surface area contributed by atoms with Gasteiger partial charge in [-0.3, -0.25) is 0 Å². The summed E-state index contributed by atoms with van der Waals surface area (Å²) < 4.78 is 15.1. The lowest BCUT2D eigenvalue weighted by Crippen LogP contribution is -2.22. The topological polar surface area (TPSA) is 61.8 Å². The van der Waals surface area contributed by atoms with E-state index in [1.165, 1.54) is 25.7 Å². The third-order valence-corrected chi connectivity index (χ3v) is 3.23. The molecule has 1 atom stereocenters. The molecule has 0 heterocycles. The van der Waals surface area contributed by atoms with Crippen molar-refractivity contribution in [2.75, 3.05) is 19.8 Å². The summed E-state index contributed by atoms with van der Waals surface area (Å²) in [5, 5.41) is 0. The van der Waals surface area contributed by atoms with Crippen LogP contribution in [0, 0.1) is 0 Å². The predicted octanol–water partition coefficient (Wildman–Crippen LogP) is 3.64. The van der Waals surface area contributed by atoms with E-state index in [1.807, 2.05) is 13.8 Å². The summed E-state index contributed by atoms with van der Waals surface area (Å²) in [6.45, 7) is 6.07. The average molecular weight is 316 g/mol. The number of hydrogen-bond acceptors (Lipinski definition) is 5. The van der Waals surface area contributed by atoms with E-state index in [0.29, 0.717) is 6.61 Å². The lowest BCUT2D eigenvalue weighted by molar-refractivity contribution is -0.158. The minimum absolute atomic E-state index is 0.110. The number of unbranched alkanes of at least 4 members (excludes halogenated alkanes) is 5. The van der Waals surface area contributed by atoms with Crippen LogP contribution in [0.3, 0.4) is 0 Å². The smallest absolute Gasteiger partial charge is 0.332 e. The normalized spacial score (nSPS) is 12.0. The van der Waals surface area contributed by atoms with E-state index in [0.717, 1.165) is 25.7 Å². The van der Waals surface area contributed by atoms with Crippen molar-refractivity contribution in [3.8, 4) is 0 Å². The van der Waals surface area contributed by atoms with Crippen molar-refractivity contribution in [2.45, 2.75) is 78.2 Å². The summed E-state index contributed by atoms with van der Waals surface area (Å²) >= 11 is 0. The first kappa shape index (κ1) is 20.9. The Bertz CT molecular complexity index is 291. The van der Waals surface area contributed by atoms with E-state index in [-0.39, 0.29) is 19.3 Å². The average Bonchev–Trinajstić information content (AvgIpc) is 2.46. The van der Waals surface area contributed by atoms with Gasteiger partial charge in [-0.15, -0.1) is 0 Å². The van der Waals surface area contributed by atoms with Crippen LogP contribution in [0.15, 0.2) is 0 Å². The van der Waals surface area contributed by atoms with E-state index in [9.17, 15) is 9.59 Å². The molecular weight excluding hydrogens is 284 g/mol. The van der Waals surface area contributed by atoms with Crippen LogP contribution in [0.5, 0.6) is 0 Å². The molecule has 0 saturated carbocycles. The van der Waals surface area contributed by atoms with Gasteiger partial charge in [-0.05, 0) is 19.8 Å². The minimum Gasteiger partial charge on any atom is -0.464 e. The zero-order valence-corrected chi connectivity index (χ0v) is 14.4. The molecule has 0 spiro atoms. The van der Waals surface area contributed by atoms with Crippen molar-refractivity contribution in [1.29, 1.82) is 0 Å². The van der Waals surface area contributed by atoms with E-state index < -0.39 is 11.9 Å². The van der Waals surface area contributed by atoms with Gasteiger partial charge in [0.25, 0.3) is 0 Å². The first-order valence-electron chi connectivity index (χ1n) is 8.53. The largest absolute Gasteiger partial charge is 0.464 e. The highest BCUT2D eigenvalue weighted by Gasteiger charge is 2.10. The minimum atomic E-state index is -0.440. The first-order valence-corrected chi connectivity index (χ1v) is 8.53. The molecule has 1 unspecified atom stereocenters. The van der Waals surface area contributed by atoms with Crippen molar-refractivity contribution in [3.63, 3.8) is 0 Å². The summed E-state index contributed by atoms with van der Waals surface area (Å²) in [6.07, 6.45) is 8.55. The first-order chi connectivity index (χ1) is 10.6. The third kappa shape index (κ3) is 13.9. The van der Waals surface area contributed by atoms with Crippen molar-refractivity contribution in [3.05, 3.63) is 0 Å². The fourth-order valence-electron chi connectivity index (χ4n) is 2.05. The molecule has 0 bridgehead atoms. The Balaban J connectivity index is 3.44. The lowest BCUT2D eigenvalue weighted by Gasteiger charge is -2.12. The summed E-state index contributed by atoms with van der Waals surface area (Å²) in [6, 6.07) is 0. The Hall–Kier alpha value is -1.10. The Morgan fingerprint density at radius 1 is 0.864 bits per heavy atom. The molecule has 0 amide bonds. The predicted molar refractivity (Wildman–Crippen MR) is 85.6 cm³/mol. The second kappa shape index (κ2) is 14.8. The molecular formula is C17H32O5. The van der Waals surface area contributed by atoms with E-state index in [2.05, 4.69) is 6.92 Å². The van der Waals surface area contributed by atoms with Crippen molar-refractivity contribution < 1.29 is 23.8 Å². The molecule has 5 nitrogen and oxygen atoms in total. The van der Waals surface area contributed by atoms with E-state index >= 15 is 0 Å². The number of carbonyl (C=O) groups excluding carboxylic acids is 2. The molecule has 0 aromatic carbocycles. The third-order valence-electron chi connectivity index (χ3n) is 3.23. The van der Waals surface area contributed by atoms with Gasteiger partial charge in [0.15, 0.2) is 0 Å². The van der Waals surface area contributed by atoms with Gasteiger partial charge in [0.1, 0.15) is 13.2 Å². The van der Waals surface area contributed by atoms with Crippen molar-refractivity contribution >= 4 is 11.9 Å². The molecule has 0 aliphatic heterocycles. The highest BCUT2D eigenvalue weighted by atomic mass is 16.6. The molecule has 0 aromatic rings. The van der Waals surface area contributed by atoms with Crippen LogP contribution in [0.1, 0.15) is 72.1 Å². The van der Waals surface area contributed by atoms with E-state index in [1.54, 1.807) is 0 Å². The van der Waals surface area contributed by atoms with Gasteiger partial charge in [-0.1, -0.05) is 52.4 Å². The van der Waals surface area contributed by atoms with Crippen LogP contribution < -0.4 is 0 Å². The standard InChI is InChI=1S/C17H32O5/c1-4-6-7-8-9-10-12-21-16(18)13-20-14-17(19)22-15(3)11-5-2/h15H,4-14H2,1-3H3. The van der Waals surface area contributed by atoms with Crippen LogP contribution in [0.4, 0.5) is 0 Å². The molecule has 5 heteroatoms. The van der Waals surface area contributed by atoms with Crippen molar-refractivity contribution in [1.82, 2.24) is 0 Å². The Morgan fingerprint density at radius 2 is 1.50 bits per heavy atom. The van der Waals surface area contributed by atoms with Crippen LogP contribution in [-0.4, -0.2) is 37.9 Å². The molecule has 0 aliphatic rings. The van der Waals surface area contributed by atoms with E-state index in [4.69, 9.17) is 14.2 Å². The lowest BCUT2D eigenvalue weighted by atomic mass is 10.1. The Morgan fingerprint density at radius 3 is 2.18 bits per heavy atom. The molecule has 0 saturated heterocycles. The number of esters is 2. The number of hydrogen-bond donors (Lipinski definition) is 0. The van der Waals surface area contributed by atoms with Crippen LogP contribution in [-0.2, 0) is 23.8 Å². The number of rotatable bonds is 14. The van der Waals surface area contributed by atoms with Gasteiger partial charge in [-0.25, -0.2) is 9.59 Å². The van der Waals surface area contributed by atoms with Crippen LogP contribution in [0.2, 0.25) is 0 Å². The molecule has 22 heavy (non-hydrogen) atoms. The fourth-order valence-corrected chi connectivity index (χ4v) is 2.05. The highest BCUT2D eigenvalue weighted by molar-refractivity contribution is 5.73. The maximum Gasteiger partial charge on any atom is 0.332 e. The van der Waals surface area contributed by atoms with Gasteiger partial charge >= 0.3 is 11.9 Å². The van der Waals surface area contributed by atoms with Gasteiger partial charge in [-0.2, -0.15) is 0 Å². The summed E-state index contributed by atoms with van der Waals surface area (Å²) in [5.74, 6) is -0.868. The SMILES string of the molecule is CCCCCCCCOC(=O)COCC(=O)OC(C)CCC. The maximum absolute atomic E-state index is 11.4. The van der Waals surface area contributed by atoms with Crippen LogP contribution in [0.25, 0.3) is 0 Å². The second-order valence-electron chi connectivity index (χ2n) is 5.57. The molecule has 130 valence electrons. The van der Waals surface area contributed by atoms with Gasteiger partial charge in [0, 0.05) is 0 Å².